The number of nitrogens with zero attached hydrogens (tertiary/aromatic N) is 1. The lowest BCUT2D eigenvalue weighted by Gasteiger charge is -2.38. The van der Waals surface area contributed by atoms with Gasteiger partial charge in [0.2, 0.25) is 17.7 Å². The number of hydrogen-bond acceptors (Lipinski definition) is 5. The molecular formula is C27H39N3O4S. The van der Waals surface area contributed by atoms with Gasteiger partial charge in [-0.05, 0) is 44.2 Å². The Hall–Kier alpha value is -2.06. The summed E-state index contributed by atoms with van der Waals surface area (Å²) in [5, 5.41) is 16.4. The summed E-state index contributed by atoms with van der Waals surface area (Å²) < 4.78 is -1.08. The van der Waals surface area contributed by atoms with Crippen molar-refractivity contribution in [3.05, 3.63) is 30.3 Å². The molecule has 3 heterocycles. The number of likely N-dealkylation sites (tertiary alicyclic amines) is 1. The number of aliphatic hydroxyl groups is 1. The van der Waals surface area contributed by atoms with Crippen LogP contribution in [0.2, 0.25) is 0 Å². The quantitative estimate of drug-likeness (QED) is 0.427. The third-order valence-electron chi connectivity index (χ3n) is 8.18. The van der Waals surface area contributed by atoms with Crippen LogP contribution < -0.4 is 10.6 Å². The number of rotatable bonds is 10. The maximum absolute atomic E-state index is 14.1. The van der Waals surface area contributed by atoms with Crippen molar-refractivity contribution >= 4 is 35.2 Å². The molecular weight excluding hydrogens is 462 g/mol. The summed E-state index contributed by atoms with van der Waals surface area (Å²) in [5.74, 6) is -1.65. The molecule has 1 aromatic rings. The number of para-hydroxylation sites is 1. The van der Waals surface area contributed by atoms with E-state index in [0.29, 0.717) is 18.7 Å². The van der Waals surface area contributed by atoms with Crippen molar-refractivity contribution in [1.29, 1.82) is 0 Å². The SMILES string of the molecule is CCCCCNC(=O)C1N([C@@H](CO)C(C)C)C(=O)[C@@H]2[C@@H](C(=O)Nc3ccccc3)[C@@]3(C)CCC12S3. The lowest BCUT2D eigenvalue weighted by molar-refractivity contribution is -0.143. The van der Waals surface area contributed by atoms with Gasteiger partial charge in [0.1, 0.15) is 6.04 Å². The Morgan fingerprint density at radius 3 is 2.51 bits per heavy atom. The van der Waals surface area contributed by atoms with Crippen LogP contribution >= 0.6 is 11.8 Å². The predicted octanol–water partition coefficient (Wildman–Crippen LogP) is 3.43. The molecule has 35 heavy (non-hydrogen) atoms. The normalized spacial score (nSPS) is 32.1. The van der Waals surface area contributed by atoms with Gasteiger partial charge in [-0.1, -0.05) is 51.8 Å². The summed E-state index contributed by atoms with van der Waals surface area (Å²) in [7, 11) is 0. The smallest absolute Gasteiger partial charge is 0.244 e. The lowest BCUT2D eigenvalue weighted by Crippen LogP contribution is -2.57. The largest absolute Gasteiger partial charge is 0.394 e. The topological polar surface area (TPSA) is 98.7 Å². The van der Waals surface area contributed by atoms with Gasteiger partial charge < -0.3 is 20.6 Å². The molecule has 8 heteroatoms. The molecule has 3 N–H and O–H groups in total. The zero-order valence-electron chi connectivity index (χ0n) is 21.3. The van der Waals surface area contributed by atoms with Gasteiger partial charge >= 0.3 is 0 Å². The highest BCUT2D eigenvalue weighted by Gasteiger charge is 2.77. The first-order valence-electron chi connectivity index (χ1n) is 13.0. The molecule has 4 rings (SSSR count). The molecule has 2 bridgehead atoms. The van der Waals surface area contributed by atoms with Gasteiger partial charge in [0, 0.05) is 17.0 Å². The van der Waals surface area contributed by atoms with Crippen LogP contribution in [0.15, 0.2) is 30.3 Å². The van der Waals surface area contributed by atoms with E-state index in [4.69, 9.17) is 0 Å². The summed E-state index contributed by atoms with van der Waals surface area (Å²) in [6.07, 6.45) is 4.45. The number of carbonyl (C=O) groups is 3. The van der Waals surface area contributed by atoms with Gasteiger partial charge in [0.05, 0.1) is 29.2 Å². The number of fused-ring (bicyclic) bond motifs is 1. The van der Waals surface area contributed by atoms with Crippen LogP contribution in [0.4, 0.5) is 5.69 Å². The molecule has 192 valence electrons. The van der Waals surface area contributed by atoms with Crippen molar-refractivity contribution in [2.24, 2.45) is 17.8 Å². The first-order chi connectivity index (χ1) is 16.7. The molecule has 3 saturated heterocycles. The summed E-state index contributed by atoms with van der Waals surface area (Å²) >= 11 is 1.66. The van der Waals surface area contributed by atoms with Gasteiger partial charge in [0.25, 0.3) is 0 Å². The van der Waals surface area contributed by atoms with E-state index in [1.54, 1.807) is 16.7 Å². The van der Waals surface area contributed by atoms with Gasteiger partial charge in [-0.15, -0.1) is 11.8 Å². The van der Waals surface area contributed by atoms with Crippen LogP contribution in [0, 0.1) is 17.8 Å². The van der Waals surface area contributed by atoms with Crippen LogP contribution in [0.25, 0.3) is 0 Å². The van der Waals surface area contributed by atoms with Crippen molar-refractivity contribution in [3.63, 3.8) is 0 Å². The molecule has 1 spiro atoms. The van der Waals surface area contributed by atoms with Gasteiger partial charge in [0.15, 0.2) is 0 Å². The second-order valence-electron chi connectivity index (χ2n) is 10.8. The molecule has 6 atom stereocenters. The summed E-state index contributed by atoms with van der Waals surface area (Å²) in [6, 6.07) is 8.14. The Balaban J connectivity index is 1.70. The van der Waals surface area contributed by atoms with Crippen LogP contribution in [-0.4, -0.2) is 62.5 Å². The van der Waals surface area contributed by atoms with Crippen LogP contribution in [0.5, 0.6) is 0 Å². The van der Waals surface area contributed by atoms with E-state index >= 15 is 0 Å². The van der Waals surface area contributed by atoms with Gasteiger partial charge in [-0.2, -0.15) is 0 Å². The number of nitrogens with one attached hydrogen (secondary N) is 2. The average Bonchev–Trinajstić information content (AvgIpc) is 3.39. The number of benzene rings is 1. The molecule has 3 amide bonds. The fourth-order valence-corrected chi connectivity index (χ4v) is 8.81. The van der Waals surface area contributed by atoms with Crippen LogP contribution in [-0.2, 0) is 14.4 Å². The minimum atomic E-state index is -0.692. The number of hydrogen-bond donors (Lipinski definition) is 3. The zero-order valence-corrected chi connectivity index (χ0v) is 22.1. The van der Waals surface area contributed by atoms with E-state index in [2.05, 4.69) is 24.5 Å². The number of unbranched alkanes of at least 4 members (excludes halogenated alkanes) is 2. The van der Waals surface area contributed by atoms with E-state index in [9.17, 15) is 19.5 Å². The Labute approximate surface area is 212 Å². The van der Waals surface area contributed by atoms with Crippen molar-refractivity contribution < 1.29 is 19.5 Å². The molecule has 0 aromatic heterocycles. The molecule has 3 fully saturated rings. The maximum Gasteiger partial charge on any atom is 0.244 e. The van der Waals surface area contributed by atoms with Crippen molar-refractivity contribution in [2.75, 3.05) is 18.5 Å². The number of anilines is 1. The predicted molar refractivity (Wildman–Crippen MR) is 139 cm³/mol. The van der Waals surface area contributed by atoms with E-state index in [0.717, 1.165) is 25.7 Å². The molecule has 3 aliphatic rings. The van der Waals surface area contributed by atoms with Crippen LogP contribution in [0.1, 0.15) is 59.8 Å². The minimum Gasteiger partial charge on any atom is -0.394 e. The van der Waals surface area contributed by atoms with E-state index in [1.165, 1.54) is 0 Å². The highest BCUT2D eigenvalue weighted by Crippen LogP contribution is 2.71. The first-order valence-corrected chi connectivity index (χ1v) is 13.8. The fourth-order valence-electron chi connectivity index (χ4n) is 6.47. The molecule has 3 aliphatic heterocycles. The third-order valence-corrected chi connectivity index (χ3v) is 10.2. The maximum atomic E-state index is 14.1. The lowest BCUT2D eigenvalue weighted by atomic mass is 9.66. The Bertz CT molecular complexity index is 957. The van der Waals surface area contributed by atoms with E-state index < -0.39 is 33.4 Å². The molecule has 1 aromatic carbocycles. The molecule has 2 unspecified atom stereocenters. The van der Waals surface area contributed by atoms with Gasteiger partial charge in [-0.25, -0.2) is 0 Å². The molecule has 0 saturated carbocycles. The Morgan fingerprint density at radius 2 is 1.89 bits per heavy atom. The van der Waals surface area contributed by atoms with Crippen molar-refractivity contribution in [3.8, 4) is 0 Å². The molecule has 0 radical (unpaired) electrons. The monoisotopic (exact) mass is 501 g/mol. The Morgan fingerprint density at radius 1 is 1.17 bits per heavy atom. The van der Waals surface area contributed by atoms with Gasteiger partial charge in [-0.3, -0.25) is 14.4 Å². The molecule has 7 nitrogen and oxygen atoms in total. The van der Waals surface area contributed by atoms with E-state index in [-0.39, 0.29) is 30.2 Å². The Kier molecular flexibility index (Phi) is 7.53. The van der Waals surface area contributed by atoms with Crippen molar-refractivity contribution in [2.45, 2.75) is 81.4 Å². The minimum absolute atomic E-state index is 0.0241. The zero-order chi connectivity index (χ0) is 25.4. The summed E-state index contributed by atoms with van der Waals surface area (Å²) in [6.45, 7) is 8.46. The van der Waals surface area contributed by atoms with E-state index in [1.807, 2.05) is 44.2 Å². The molecule has 0 aliphatic carbocycles. The highest BCUT2D eigenvalue weighted by atomic mass is 32.2. The standard InChI is InChI=1S/C27H39N3O4S/c1-5-6-10-15-28-24(33)22-27-14-13-26(4,35-27)20(23(32)29-18-11-8-7-9-12-18)21(27)25(34)30(22)19(16-31)17(2)3/h7-9,11-12,17,19-22,31H,5-6,10,13-16H2,1-4H3,(H,28,33)(H,29,32)/t19-,20-,21-,22?,26+,27?/m0/s1. The summed E-state index contributed by atoms with van der Waals surface area (Å²) in [5.41, 5.74) is 0.700. The fraction of sp³-hybridized carbons (Fsp3) is 0.667. The number of thioether (sulfide) groups is 1. The van der Waals surface area contributed by atoms with Crippen molar-refractivity contribution in [1.82, 2.24) is 10.2 Å². The number of aliphatic hydroxyl groups excluding tert-OH is 1. The summed E-state index contributed by atoms with van der Waals surface area (Å²) in [4.78, 5) is 43.1. The third kappa shape index (κ3) is 4.37. The van der Waals surface area contributed by atoms with Crippen LogP contribution in [0.3, 0.4) is 0 Å². The number of amides is 3. The highest BCUT2D eigenvalue weighted by molar-refractivity contribution is 8.02. The first kappa shape index (κ1) is 26.0. The second-order valence-corrected chi connectivity index (χ2v) is 12.7. The second kappa shape index (κ2) is 10.1. The average molecular weight is 502 g/mol. The number of carbonyl (C=O) groups excluding carboxylic acids is 3.